The van der Waals surface area contributed by atoms with Crippen LogP contribution < -0.4 is 0 Å². The molecule has 20 heavy (non-hydrogen) atoms. The molecule has 0 N–H and O–H groups in total. The van der Waals surface area contributed by atoms with Crippen molar-refractivity contribution in [1.82, 2.24) is 4.90 Å². The summed E-state index contributed by atoms with van der Waals surface area (Å²) >= 11 is 5.23. The topological polar surface area (TPSA) is 3.24 Å². The standard InChI is InChI=1S/C17H18BrNS/c1-19(2)13-3-4-14-5-9-16(10-6-14)20-17-11-7-15(18)8-12-17/h3-12H,13H2,1-2H3. The van der Waals surface area contributed by atoms with Crippen molar-refractivity contribution in [2.24, 2.45) is 0 Å². The number of likely N-dealkylation sites (N-methyl/N-ethyl adjacent to an activating group) is 1. The van der Waals surface area contributed by atoms with Crippen molar-refractivity contribution in [1.29, 1.82) is 0 Å². The van der Waals surface area contributed by atoms with Gasteiger partial charge in [-0.1, -0.05) is 52.0 Å². The van der Waals surface area contributed by atoms with Gasteiger partial charge in [0.2, 0.25) is 0 Å². The second kappa shape index (κ2) is 7.67. The molecule has 0 amide bonds. The van der Waals surface area contributed by atoms with Gasteiger partial charge in [0.05, 0.1) is 0 Å². The van der Waals surface area contributed by atoms with Gasteiger partial charge in [-0.05, 0) is 56.1 Å². The summed E-state index contributed by atoms with van der Waals surface area (Å²) in [6.07, 6.45) is 4.34. The SMILES string of the molecule is CN(C)CC=Cc1ccc(Sc2ccc(Br)cc2)cc1. The van der Waals surface area contributed by atoms with E-state index in [1.54, 1.807) is 11.8 Å². The molecule has 0 spiro atoms. The van der Waals surface area contributed by atoms with Gasteiger partial charge < -0.3 is 4.90 Å². The van der Waals surface area contributed by atoms with E-state index in [0.29, 0.717) is 0 Å². The van der Waals surface area contributed by atoms with Gasteiger partial charge in [-0.15, -0.1) is 0 Å². The minimum atomic E-state index is 0.968. The number of halogens is 1. The summed E-state index contributed by atoms with van der Waals surface area (Å²) in [5.41, 5.74) is 1.24. The molecule has 0 bridgehead atoms. The zero-order valence-electron chi connectivity index (χ0n) is 11.7. The van der Waals surface area contributed by atoms with Gasteiger partial charge in [0.15, 0.2) is 0 Å². The zero-order chi connectivity index (χ0) is 14.4. The van der Waals surface area contributed by atoms with E-state index in [9.17, 15) is 0 Å². The highest BCUT2D eigenvalue weighted by Gasteiger charge is 1.97. The van der Waals surface area contributed by atoms with Crippen LogP contribution in [-0.2, 0) is 0 Å². The minimum Gasteiger partial charge on any atom is -0.306 e. The van der Waals surface area contributed by atoms with Gasteiger partial charge >= 0.3 is 0 Å². The van der Waals surface area contributed by atoms with E-state index >= 15 is 0 Å². The molecule has 104 valence electrons. The highest BCUT2D eigenvalue weighted by Crippen LogP contribution is 2.28. The molecule has 0 aromatic heterocycles. The van der Waals surface area contributed by atoms with Crippen molar-refractivity contribution in [3.63, 3.8) is 0 Å². The molecule has 0 aliphatic carbocycles. The van der Waals surface area contributed by atoms with Crippen LogP contribution in [0.25, 0.3) is 6.08 Å². The van der Waals surface area contributed by atoms with Gasteiger partial charge in [0, 0.05) is 20.8 Å². The third-order valence-corrected chi connectivity index (χ3v) is 4.25. The number of nitrogens with zero attached hydrogens (tertiary/aromatic N) is 1. The Kier molecular flexibility index (Phi) is 5.89. The molecule has 0 fully saturated rings. The Bertz CT molecular complexity index is 559. The summed E-state index contributed by atoms with van der Waals surface area (Å²) in [6.45, 7) is 0.968. The molecule has 0 heterocycles. The maximum Gasteiger partial charge on any atom is 0.0176 e. The van der Waals surface area contributed by atoms with E-state index in [1.165, 1.54) is 15.4 Å². The van der Waals surface area contributed by atoms with E-state index < -0.39 is 0 Å². The van der Waals surface area contributed by atoms with Gasteiger partial charge in [0.1, 0.15) is 0 Å². The second-order valence-electron chi connectivity index (χ2n) is 4.79. The molecule has 0 aliphatic heterocycles. The van der Waals surface area contributed by atoms with Crippen LogP contribution in [0.5, 0.6) is 0 Å². The van der Waals surface area contributed by atoms with E-state index in [2.05, 4.69) is 95.6 Å². The predicted octanol–water partition coefficient (Wildman–Crippen LogP) is 5.18. The zero-order valence-corrected chi connectivity index (χ0v) is 14.1. The molecule has 3 heteroatoms. The Hall–Kier alpha value is -1.03. The van der Waals surface area contributed by atoms with E-state index in [-0.39, 0.29) is 0 Å². The van der Waals surface area contributed by atoms with E-state index in [0.717, 1.165) is 11.0 Å². The van der Waals surface area contributed by atoms with E-state index in [4.69, 9.17) is 0 Å². The van der Waals surface area contributed by atoms with Crippen molar-refractivity contribution in [2.75, 3.05) is 20.6 Å². The highest BCUT2D eigenvalue weighted by molar-refractivity contribution is 9.10. The third kappa shape index (κ3) is 5.16. The van der Waals surface area contributed by atoms with Crippen LogP contribution in [0, 0.1) is 0 Å². The fraction of sp³-hybridized carbons (Fsp3) is 0.176. The first-order valence-electron chi connectivity index (χ1n) is 6.48. The lowest BCUT2D eigenvalue weighted by Gasteiger charge is -2.04. The second-order valence-corrected chi connectivity index (χ2v) is 6.85. The summed E-state index contributed by atoms with van der Waals surface area (Å²) in [5.74, 6) is 0. The summed E-state index contributed by atoms with van der Waals surface area (Å²) in [7, 11) is 4.14. The molecule has 0 unspecified atom stereocenters. The fourth-order valence-electron chi connectivity index (χ4n) is 1.69. The molecule has 2 aromatic rings. The number of hydrogen-bond donors (Lipinski definition) is 0. The van der Waals surface area contributed by atoms with Crippen LogP contribution in [0.3, 0.4) is 0 Å². The van der Waals surface area contributed by atoms with Gasteiger partial charge in [-0.2, -0.15) is 0 Å². The number of benzene rings is 2. The van der Waals surface area contributed by atoms with Crippen LogP contribution >= 0.6 is 27.7 Å². The van der Waals surface area contributed by atoms with Crippen LogP contribution in [0.15, 0.2) is 68.9 Å². The maximum atomic E-state index is 3.45. The summed E-state index contributed by atoms with van der Waals surface area (Å²) in [4.78, 5) is 4.66. The summed E-state index contributed by atoms with van der Waals surface area (Å²) in [6, 6.07) is 17.0. The average molecular weight is 348 g/mol. The highest BCUT2D eigenvalue weighted by atomic mass is 79.9. The predicted molar refractivity (Wildman–Crippen MR) is 92.3 cm³/mol. The Morgan fingerprint density at radius 2 is 1.50 bits per heavy atom. The Morgan fingerprint density at radius 3 is 2.05 bits per heavy atom. The van der Waals surface area contributed by atoms with Crippen LogP contribution in [0.4, 0.5) is 0 Å². The van der Waals surface area contributed by atoms with E-state index in [1.807, 2.05) is 0 Å². The Morgan fingerprint density at radius 1 is 0.950 bits per heavy atom. The first kappa shape index (κ1) is 15.4. The number of hydrogen-bond acceptors (Lipinski definition) is 2. The van der Waals surface area contributed by atoms with Crippen molar-refractivity contribution >= 4 is 33.8 Å². The van der Waals surface area contributed by atoms with Crippen molar-refractivity contribution in [3.8, 4) is 0 Å². The average Bonchev–Trinajstić information content (AvgIpc) is 2.43. The van der Waals surface area contributed by atoms with Crippen LogP contribution in [0.1, 0.15) is 5.56 Å². The van der Waals surface area contributed by atoms with Crippen molar-refractivity contribution in [2.45, 2.75) is 9.79 Å². The van der Waals surface area contributed by atoms with Crippen LogP contribution in [0.2, 0.25) is 0 Å². The van der Waals surface area contributed by atoms with Gasteiger partial charge in [0.25, 0.3) is 0 Å². The van der Waals surface area contributed by atoms with Crippen molar-refractivity contribution < 1.29 is 0 Å². The molecule has 0 aliphatic rings. The lowest BCUT2D eigenvalue weighted by Crippen LogP contribution is -2.10. The maximum absolute atomic E-state index is 3.45. The molecule has 0 saturated heterocycles. The van der Waals surface area contributed by atoms with Gasteiger partial charge in [-0.25, -0.2) is 0 Å². The first-order chi connectivity index (χ1) is 9.63. The lowest BCUT2D eigenvalue weighted by molar-refractivity contribution is 0.457. The molecule has 2 rings (SSSR count). The van der Waals surface area contributed by atoms with Crippen molar-refractivity contribution in [3.05, 3.63) is 64.6 Å². The monoisotopic (exact) mass is 347 g/mol. The molecular formula is C17H18BrNS. The number of rotatable bonds is 5. The molecule has 0 radical (unpaired) electrons. The molecule has 2 aromatic carbocycles. The largest absolute Gasteiger partial charge is 0.306 e. The summed E-state index contributed by atoms with van der Waals surface area (Å²) in [5, 5.41) is 0. The minimum absolute atomic E-state index is 0.968. The smallest absolute Gasteiger partial charge is 0.0176 e. The summed E-state index contributed by atoms with van der Waals surface area (Å²) < 4.78 is 1.11. The Balaban J connectivity index is 1.97. The molecule has 0 atom stereocenters. The molecule has 1 nitrogen and oxygen atoms in total. The lowest BCUT2D eigenvalue weighted by atomic mass is 10.2. The first-order valence-corrected chi connectivity index (χ1v) is 8.09. The normalized spacial score (nSPS) is 11.4. The van der Waals surface area contributed by atoms with Crippen LogP contribution in [-0.4, -0.2) is 25.5 Å². The quantitative estimate of drug-likeness (QED) is 0.733. The third-order valence-electron chi connectivity index (χ3n) is 2.71. The molecular weight excluding hydrogens is 330 g/mol. The van der Waals surface area contributed by atoms with Gasteiger partial charge in [-0.3, -0.25) is 0 Å². The fourth-order valence-corrected chi connectivity index (χ4v) is 2.77. The Labute approximate surface area is 133 Å². The molecule has 0 saturated carbocycles.